The molecule has 0 amide bonds. The molecule has 5 rings (SSSR count). The number of phenolic OH excluding ortho intramolecular Hbond substituents is 3. The summed E-state index contributed by atoms with van der Waals surface area (Å²) in [6.07, 6.45) is -17.6. The van der Waals surface area contributed by atoms with E-state index in [1.54, 1.807) is 0 Å². The van der Waals surface area contributed by atoms with Crippen LogP contribution in [0, 0.1) is 0 Å². The highest BCUT2D eigenvalue weighted by Gasteiger charge is 2.47. The Morgan fingerprint density at radius 3 is 1.66 bits per heavy atom. The zero-order chi connectivity index (χ0) is 32.0. The number of aromatic hydroxyl groups is 3. The Kier molecular flexibility index (Phi) is 8.87. The first-order valence-corrected chi connectivity index (χ1v) is 13.2. The quantitative estimate of drug-likeness (QED) is 0.124. The largest absolute Gasteiger partial charge is 0.508 e. The molecule has 0 radical (unpaired) electrons. The third-order valence-corrected chi connectivity index (χ3v) is 7.33. The topological polar surface area (TPSA) is 290 Å². The minimum atomic E-state index is -1.95. The van der Waals surface area contributed by atoms with Crippen LogP contribution in [0.5, 0.6) is 28.7 Å². The van der Waals surface area contributed by atoms with Crippen molar-refractivity contribution < 1.29 is 79.5 Å². The second-order valence-corrected chi connectivity index (χ2v) is 10.2. The minimum absolute atomic E-state index is 0.0445. The Bertz CT molecular complexity index is 1540. The number of ether oxygens (including phenoxy) is 4. The second-order valence-electron chi connectivity index (χ2n) is 10.2. The number of phenols is 3. The molecule has 0 spiro atoms. The Morgan fingerprint density at radius 1 is 0.659 bits per heavy atom. The van der Waals surface area contributed by atoms with Crippen molar-refractivity contribution in [3.63, 3.8) is 0 Å². The first-order chi connectivity index (χ1) is 20.9. The number of hydrogen-bond donors (Lipinski definition) is 11. The van der Waals surface area contributed by atoms with Crippen molar-refractivity contribution in [3.05, 3.63) is 40.6 Å². The van der Waals surface area contributed by atoms with Crippen LogP contribution in [0.3, 0.4) is 0 Å². The van der Waals surface area contributed by atoms with E-state index in [0.29, 0.717) is 6.07 Å². The minimum Gasteiger partial charge on any atom is -0.508 e. The smallest absolute Gasteiger partial charge is 0.239 e. The van der Waals surface area contributed by atoms with E-state index in [0.717, 1.165) is 0 Å². The molecule has 17 heteroatoms. The Morgan fingerprint density at radius 2 is 1.16 bits per heavy atom. The van der Waals surface area contributed by atoms with E-state index in [2.05, 4.69) is 0 Å². The maximum Gasteiger partial charge on any atom is 0.239 e. The van der Waals surface area contributed by atoms with Gasteiger partial charge in [-0.2, -0.15) is 0 Å². The van der Waals surface area contributed by atoms with Crippen molar-refractivity contribution in [1.29, 1.82) is 0 Å². The Labute approximate surface area is 246 Å². The summed E-state index contributed by atoms with van der Waals surface area (Å²) in [4.78, 5) is 13.9. The number of fused-ring (bicyclic) bond motifs is 1. The van der Waals surface area contributed by atoms with Gasteiger partial charge in [-0.25, -0.2) is 0 Å². The Hall–Kier alpha value is -3.75. The van der Waals surface area contributed by atoms with Crippen molar-refractivity contribution in [2.24, 2.45) is 0 Å². The van der Waals surface area contributed by atoms with Gasteiger partial charge in [0.25, 0.3) is 0 Å². The van der Waals surface area contributed by atoms with Crippen LogP contribution in [0.1, 0.15) is 0 Å². The van der Waals surface area contributed by atoms with Crippen LogP contribution < -0.4 is 14.9 Å². The van der Waals surface area contributed by atoms with Gasteiger partial charge in [-0.15, -0.1) is 0 Å². The molecule has 11 N–H and O–H groups in total. The molecular weight excluding hydrogens is 596 g/mol. The molecule has 2 fully saturated rings. The van der Waals surface area contributed by atoms with Crippen LogP contribution in [0.25, 0.3) is 22.3 Å². The van der Waals surface area contributed by atoms with Gasteiger partial charge in [0.15, 0.2) is 17.1 Å². The van der Waals surface area contributed by atoms with E-state index in [1.165, 1.54) is 24.3 Å². The summed E-state index contributed by atoms with van der Waals surface area (Å²) in [7, 11) is 0. The zero-order valence-electron chi connectivity index (χ0n) is 22.4. The number of rotatable bonds is 7. The van der Waals surface area contributed by atoms with Gasteiger partial charge in [0.1, 0.15) is 65.7 Å². The fraction of sp³-hybridized carbons (Fsp3) is 0.444. The predicted molar refractivity (Wildman–Crippen MR) is 142 cm³/mol. The summed E-state index contributed by atoms with van der Waals surface area (Å²) >= 11 is 0. The number of hydrogen-bond acceptors (Lipinski definition) is 17. The van der Waals surface area contributed by atoms with E-state index in [9.17, 15) is 61.0 Å². The molecule has 1 aromatic heterocycles. The van der Waals surface area contributed by atoms with Crippen LogP contribution in [0.2, 0.25) is 0 Å². The number of aliphatic hydroxyl groups excluding tert-OH is 8. The van der Waals surface area contributed by atoms with Gasteiger partial charge in [0.2, 0.25) is 29.5 Å². The van der Waals surface area contributed by atoms with Crippen molar-refractivity contribution in [1.82, 2.24) is 0 Å². The summed E-state index contributed by atoms with van der Waals surface area (Å²) in [6, 6.07) is 5.65. The third kappa shape index (κ3) is 5.50. The lowest BCUT2D eigenvalue weighted by Crippen LogP contribution is -2.60. The second kappa shape index (κ2) is 12.3. The average molecular weight is 627 g/mol. The van der Waals surface area contributed by atoms with Crippen molar-refractivity contribution in [2.75, 3.05) is 13.2 Å². The SMILES string of the molecule is O=c1c(O[C@@H]2O[C@H](CO)[C@H](O)[C@H](O)[C@H]2O)c(-c2ccc(O)cc2)oc2c(O[C@@H]3O[C@H](CO)[C@H](O)[C@H](O)[C@H]3O)c(O)cc(O)c12. The van der Waals surface area contributed by atoms with E-state index in [-0.39, 0.29) is 11.3 Å². The normalized spacial score (nSPS) is 32.5. The summed E-state index contributed by atoms with van der Waals surface area (Å²) in [6.45, 7) is -1.60. The molecule has 240 valence electrons. The number of benzene rings is 2. The van der Waals surface area contributed by atoms with Crippen LogP contribution in [0.15, 0.2) is 39.5 Å². The third-order valence-electron chi connectivity index (χ3n) is 7.33. The van der Waals surface area contributed by atoms with Crippen LogP contribution >= 0.6 is 0 Å². The lowest BCUT2D eigenvalue weighted by atomic mass is 9.99. The molecule has 44 heavy (non-hydrogen) atoms. The molecule has 3 heterocycles. The van der Waals surface area contributed by atoms with Crippen LogP contribution in [0.4, 0.5) is 0 Å². The molecule has 17 nitrogen and oxygen atoms in total. The molecule has 10 atom stereocenters. The highest BCUT2D eigenvalue weighted by Crippen LogP contribution is 2.44. The van der Waals surface area contributed by atoms with Crippen molar-refractivity contribution in [3.8, 4) is 40.1 Å². The fourth-order valence-electron chi connectivity index (χ4n) is 4.88. The van der Waals surface area contributed by atoms with Gasteiger partial charge in [0.05, 0.1) is 13.2 Å². The van der Waals surface area contributed by atoms with E-state index in [4.69, 9.17) is 23.4 Å². The molecule has 0 unspecified atom stereocenters. The molecule has 0 aliphatic carbocycles. The maximum atomic E-state index is 13.9. The highest BCUT2D eigenvalue weighted by molar-refractivity contribution is 5.93. The molecule has 3 aromatic rings. The van der Waals surface area contributed by atoms with Crippen molar-refractivity contribution >= 4 is 11.0 Å². The first kappa shape index (κ1) is 31.7. The lowest BCUT2D eigenvalue weighted by Gasteiger charge is -2.39. The predicted octanol–water partition coefficient (Wildman–Crippen LogP) is -3.07. The molecule has 0 saturated carbocycles. The first-order valence-electron chi connectivity index (χ1n) is 13.2. The highest BCUT2D eigenvalue weighted by atomic mass is 16.7. The van der Waals surface area contributed by atoms with Gasteiger partial charge in [-0.1, -0.05) is 0 Å². The lowest BCUT2D eigenvalue weighted by molar-refractivity contribution is -0.277. The summed E-state index contributed by atoms with van der Waals surface area (Å²) in [5.41, 5.74) is -1.75. The standard InChI is InChI=1S/C27H30O17/c28-6-12-15(33)18(36)20(38)26(40-12)43-23-11(32)5-10(31)14-17(35)25(22(42-24(14)23)8-1-3-9(30)4-2-8)44-27-21(39)19(37)16(34)13(7-29)41-27/h1-5,12-13,15-16,18-21,26-34,36-39H,6-7H2/t12-,13-,15+,16+,18+,19+,20-,21-,26+,27+/m1/s1. The van der Waals surface area contributed by atoms with E-state index >= 15 is 0 Å². The molecule has 2 aliphatic rings. The summed E-state index contributed by atoms with van der Waals surface area (Å²) in [5.74, 6) is -3.76. The summed E-state index contributed by atoms with van der Waals surface area (Å²) in [5, 5.41) is 111. The van der Waals surface area contributed by atoms with E-state index < -0.39 is 120 Å². The average Bonchev–Trinajstić information content (AvgIpc) is 3.00. The van der Waals surface area contributed by atoms with Gasteiger partial charge < -0.3 is 79.5 Å². The van der Waals surface area contributed by atoms with Gasteiger partial charge in [-0.3, -0.25) is 4.79 Å². The van der Waals surface area contributed by atoms with Crippen LogP contribution in [-0.4, -0.2) is 131 Å². The monoisotopic (exact) mass is 626 g/mol. The molecule has 2 saturated heterocycles. The molecule has 2 aliphatic heterocycles. The van der Waals surface area contributed by atoms with Gasteiger partial charge in [0, 0.05) is 11.6 Å². The molecule has 0 bridgehead atoms. The zero-order valence-corrected chi connectivity index (χ0v) is 22.4. The van der Waals surface area contributed by atoms with Gasteiger partial charge >= 0.3 is 0 Å². The number of aliphatic hydroxyl groups is 8. The summed E-state index contributed by atoms with van der Waals surface area (Å²) < 4.78 is 27.8. The fourth-order valence-corrected chi connectivity index (χ4v) is 4.88. The van der Waals surface area contributed by atoms with Crippen LogP contribution in [-0.2, 0) is 9.47 Å². The molecular formula is C27H30O17. The Balaban J connectivity index is 1.67. The van der Waals surface area contributed by atoms with E-state index in [1.807, 2.05) is 0 Å². The van der Waals surface area contributed by atoms with Gasteiger partial charge in [-0.05, 0) is 24.3 Å². The molecule has 2 aromatic carbocycles. The van der Waals surface area contributed by atoms with Crippen molar-refractivity contribution in [2.45, 2.75) is 61.4 Å². The maximum absolute atomic E-state index is 13.9.